The first kappa shape index (κ1) is 13.3. The SMILES string of the molecule is CNc1cc(C2CCN(C)CC2(C)C)cnc1C. The summed E-state index contributed by atoms with van der Waals surface area (Å²) in [6, 6.07) is 2.28. The number of aromatic nitrogens is 1. The van der Waals surface area contributed by atoms with Crippen molar-refractivity contribution in [2.24, 2.45) is 5.41 Å². The Morgan fingerprint density at radius 3 is 2.78 bits per heavy atom. The Hall–Kier alpha value is -1.09. The van der Waals surface area contributed by atoms with Gasteiger partial charge in [-0.3, -0.25) is 4.98 Å². The van der Waals surface area contributed by atoms with Crippen molar-refractivity contribution in [1.29, 1.82) is 0 Å². The van der Waals surface area contributed by atoms with Gasteiger partial charge in [0.05, 0.1) is 11.4 Å². The lowest BCUT2D eigenvalue weighted by Gasteiger charge is -2.43. The fraction of sp³-hybridized carbons (Fsp3) is 0.667. The molecule has 1 unspecified atom stereocenters. The summed E-state index contributed by atoms with van der Waals surface area (Å²) in [4.78, 5) is 6.96. The largest absolute Gasteiger partial charge is 0.387 e. The van der Waals surface area contributed by atoms with Gasteiger partial charge in [0, 0.05) is 19.8 Å². The Kier molecular flexibility index (Phi) is 3.62. The highest BCUT2D eigenvalue weighted by molar-refractivity contribution is 5.49. The van der Waals surface area contributed by atoms with Crippen LogP contribution in [0.5, 0.6) is 0 Å². The van der Waals surface area contributed by atoms with E-state index < -0.39 is 0 Å². The van der Waals surface area contributed by atoms with Crippen LogP contribution < -0.4 is 5.32 Å². The van der Waals surface area contributed by atoms with Crippen LogP contribution in [0.4, 0.5) is 5.69 Å². The van der Waals surface area contributed by atoms with Crippen LogP contribution >= 0.6 is 0 Å². The lowest BCUT2D eigenvalue weighted by molar-refractivity contribution is 0.114. The third-order valence-corrected chi connectivity index (χ3v) is 4.20. The van der Waals surface area contributed by atoms with E-state index >= 15 is 0 Å². The summed E-state index contributed by atoms with van der Waals surface area (Å²) >= 11 is 0. The summed E-state index contributed by atoms with van der Waals surface area (Å²) in [6.45, 7) is 9.12. The molecular weight excluding hydrogens is 222 g/mol. The van der Waals surface area contributed by atoms with E-state index in [0.29, 0.717) is 11.3 Å². The number of nitrogens with one attached hydrogen (secondary N) is 1. The van der Waals surface area contributed by atoms with Gasteiger partial charge in [-0.15, -0.1) is 0 Å². The van der Waals surface area contributed by atoms with E-state index in [2.05, 4.69) is 55.3 Å². The molecule has 100 valence electrons. The number of pyridine rings is 1. The Labute approximate surface area is 111 Å². The quantitative estimate of drug-likeness (QED) is 0.871. The molecule has 0 bridgehead atoms. The minimum absolute atomic E-state index is 0.314. The third kappa shape index (κ3) is 2.51. The van der Waals surface area contributed by atoms with Gasteiger partial charge < -0.3 is 10.2 Å². The maximum absolute atomic E-state index is 4.53. The zero-order valence-corrected chi connectivity index (χ0v) is 12.2. The van der Waals surface area contributed by atoms with Gasteiger partial charge >= 0.3 is 0 Å². The molecule has 18 heavy (non-hydrogen) atoms. The molecule has 2 heterocycles. The van der Waals surface area contributed by atoms with Gasteiger partial charge in [0.2, 0.25) is 0 Å². The predicted octanol–water partition coefficient (Wildman–Crippen LogP) is 2.88. The van der Waals surface area contributed by atoms with E-state index in [1.165, 1.54) is 18.5 Å². The minimum atomic E-state index is 0.314. The van der Waals surface area contributed by atoms with Crippen LogP contribution in [0.15, 0.2) is 12.3 Å². The van der Waals surface area contributed by atoms with Crippen molar-refractivity contribution in [3.63, 3.8) is 0 Å². The van der Waals surface area contributed by atoms with E-state index in [1.807, 2.05) is 7.05 Å². The van der Waals surface area contributed by atoms with Gasteiger partial charge in [0.1, 0.15) is 0 Å². The van der Waals surface area contributed by atoms with Gasteiger partial charge in [0.25, 0.3) is 0 Å². The molecule has 2 rings (SSSR count). The second-order valence-corrected chi connectivity index (χ2v) is 6.22. The van der Waals surface area contributed by atoms with Gasteiger partial charge in [-0.05, 0) is 49.9 Å². The van der Waals surface area contributed by atoms with Crippen LogP contribution in [0.3, 0.4) is 0 Å². The standard InChI is InChI=1S/C15H25N3/c1-11-14(16-4)8-12(9-17-11)13-6-7-18(5)10-15(13,2)3/h8-9,13,16H,6-7,10H2,1-5H3. The molecule has 1 aliphatic heterocycles. The molecule has 0 amide bonds. The lowest BCUT2D eigenvalue weighted by atomic mass is 9.71. The topological polar surface area (TPSA) is 28.2 Å². The molecule has 1 atom stereocenters. The van der Waals surface area contributed by atoms with E-state index in [1.54, 1.807) is 0 Å². The number of hydrogen-bond donors (Lipinski definition) is 1. The molecule has 0 spiro atoms. The number of piperidine rings is 1. The third-order valence-electron chi connectivity index (χ3n) is 4.20. The Morgan fingerprint density at radius 2 is 2.17 bits per heavy atom. The van der Waals surface area contributed by atoms with Crippen molar-refractivity contribution in [2.45, 2.75) is 33.1 Å². The molecule has 1 fully saturated rings. The Balaban J connectivity index is 2.30. The molecule has 1 aromatic rings. The zero-order valence-electron chi connectivity index (χ0n) is 12.2. The number of likely N-dealkylation sites (tertiary alicyclic amines) is 1. The second kappa shape index (κ2) is 4.88. The maximum atomic E-state index is 4.53. The Bertz CT molecular complexity index is 426. The van der Waals surface area contributed by atoms with E-state index in [9.17, 15) is 0 Å². The normalized spacial score (nSPS) is 23.9. The first-order valence-electron chi connectivity index (χ1n) is 6.77. The Morgan fingerprint density at radius 1 is 1.44 bits per heavy atom. The average molecular weight is 247 g/mol. The summed E-state index contributed by atoms with van der Waals surface area (Å²) in [5, 5.41) is 3.24. The summed E-state index contributed by atoms with van der Waals surface area (Å²) in [5.74, 6) is 0.605. The highest BCUT2D eigenvalue weighted by atomic mass is 15.1. The average Bonchev–Trinajstić information content (AvgIpc) is 2.29. The molecule has 1 saturated heterocycles. The highest BCUT2D eigenvalue weighted by Crippen LogP contribution is 2.42. The second-order valence-electron chi connectivity index (χ2n) is 6.22. The molecular formula is C15H25N3. The molecule has 0 aromatic carbocycles. The summed E-state index contributed by atoms with van der Waals surface area (Å²) in [7, 11) is 4.18. The number of aryl methyl sites for hydroxylation is 1. The fourth-order valence-corrected chi connectivity index (χ4v) is 3.24. The molecule has 0 aliphatic carbocycles. The van der Waals surface area contributed by atoms with Crippen molar-refractivity contribution < 1.29 is 0 Å². The van der Waals surface area contributed by atoms with E-state index in [-0.39, 0.29) is 0 Å². The molecule has 3 heteroatoms. The van der Waals surface area contributed by atoms with Crippen LogP contribution in [0.25, 0.3) is 0 Å². The van der Waals surface area contributed by atoms with Crippen molar-refractivity contribution in [3.05, 3.63) is 23.5 Å². The zero-order chi connectivity index (χ0) is 13.3. The van der Waals surface area contributed by atoms with Gasteiger partial charge in [0.15, 0.2) is 0 Å². The van der Waals surface area contributed by atoms with Gasteiger partial charge in [-0.1, -0.05) is 13.8 Å². The maximum Gasteiger partial charge on any atom is 0.0603 e. The number of rotatable bonds is 2. The molecule has 1 aromatic heterocycles. The first-order chi connectivity index (χ1) is 8.44. The predicted molar refractivity (Wildman–Crippen MR) is 77.2 cm³/mol. The summed E-state index contributed by atoms with van der Waals surface area (Å²) in [6.07, 6.45) is 3.28. The molecule has 1 aliphatic rings. The van der Waals surface area contributed by atoms with E-state index in [0.717, 1.165) is 17.9 Å². The van der Waals surface area contributed by atoms with Crippen molar-refractivity contribution >= 4 is 5.69 Å². The van der Waals surface area contributed by atoms with Gasteiger partial charge in [-0.2, -0.15) is 0 Å². The molecule has 0 saturated carbocycles. The fourth-order valence-electron chi connectivity index (χ4n) is 3.24. The lowest BCUT2D eigenvalue weighted by Crippen LogP contribution is -2.42. The number of nitrogens with zero attached hydrogens (tertiary/aromatic N) is 2. The van der Waals surface area contributed by atoms with E-state index in [4.69, 9.17) is 0 Å². The number of anilines is 1. The summed E-state index contributed by atoms with van der Waals surface area (Å²) in [5.41, 5.74) is 3.92. The van der Waals surface area contributed by atoms with Crippen LogP contribution in [0.1, 0.15) is 37.4 Å². The van der Waals surface area contributed by atoms with Crippen molar-refractivity contribution in [3.8, 4) is 0 Å². The molecule has 0 radical (unpaired) electrons. The smallest absolute Gasteiger partial charge is 0.0603 e. The van der Waals surface area contributed by atoms with Crippen molar-refractivity contribution in [1.82, 2.24) is 9.88 Å². The first-order valence-corrected chi connectivity index (χ1v) is 6.77. The van der Waals surface area contributed by atoms with Crippen molar-refractivity contribution in [2.75, 3.05) is 32.5 Å². The van der Waals surface area contributed by atoms with Gasteiger partial charge in [-0.25, -0.2) is 0 Å². The van der Waals surface area contributed by atoms with Crippen LogP contribution in [-0.2, 0) is 0 Å². The minimum Gasteiger partial charge on any atom is -0.387 e. The van der Waals surface area contributed by atoms with Crippen LogP contribution in [0, 0.1) is 12.3 Å². The van der Waals surface area contributed by atoms with Crippen LogP contribution in [0.2, 0.25) is 0 Å². The molecule has 1 N–H and O–H groups in total. The molecule has 3 nitrogen and oxygen atoms in total. The number of hydrogen-bond acceptors (Lipinski definition) is 3. The van der Waals surface area contributed by atoms with Crippen LogP contribution in [-0.4, -0.2) is 37.1 Å². The highest BCUT2D eigenvalue weighted by Gasteiger charge is 2.35. The summed E-state index contributed by atoms with van der Waals surface area (Å²) < 4.78 is 0. The monoisotopic (exact) mass is 247 g/mol.